The molecular formula is C10H16N4S. The lowest BCUT2D eigenvalue weighted by atomic mass is 10.2. The molecule has 1 aromatic rings. The summed E-state index contributed by atoms with van der Waals surface area (Å²) in [5, 5.41) is 0. The van der Waals surface area contributed by atoms with Crippen LogP contribution in [0, 0.1) is 0 Å². The van der Waals surface area contributed by atoms with E-state index in [1.807, 2.05) is 11.8 Å². The molecular weight excluding hydrogens is 208 g/mol. The van der Waals surface area contributed by atoms with Gasteiger partial charge in [-0.05, 0) is 6.92 Å². The molecule has 1 unspecified atom stereocenters. The quantitative estimate of drug-likeness (QED) is 0.808. The lowest BCUT2D eigenvalue weighted by molar-refractivity contribution is 0.680. The fourth-order valence-electron chi connectivity index (χ4n) is 1.79. The first kappa shape index (κ1) is 10.7. The summed E-state index contributed by atoms with van der Waals surface area (Å²) < 4.78 is 0. The van der Waals surface area contributed by atoms with Crippen LogP contribution in [0.1, 0.15) is 12.6 Å². The highest BCUT2D eigenvalue weighted by molar-refractivity contribution is 7.99. The van der Waals surface area contributed by atoms with E-state index >= 15 is 0 Å². The van der Waals surface area contributed by atoms with Crippen LogP contribution in [0.3, 0.4) is 0 Å². The number of hydrogen-bond acceptors (Lipinski definition) is 5. The third-order valence-electron chi connectivity index (χ3n) is 2.59. The smallest absolute Gasteiger partial charge is 0.151 e. The minimum absolute atomic E-state index is 0.458. The molecule has 1 fully saturated rings. The van der Waals surface area contributed by atoms with Gasteiger partial charge in [-0.15, -0.1) is 0 Å². The van der Waals surface area contributed by atoms with E-state index in [0.29, 0.717) is 12.6 Å². The highest BCUT2D eigenvalue weighted by Crippen LogP contribution is 2.23. The highest BCUT2D eigenvalue weighted by atomic mass is 32.2. The predicted octanol–water partition coefficient (Wildman–Crippen LogP) is 0.877. The van der Waals surface area contributed by atoms with Gasteiger partial charge in [-0.2, -0.15) is 11.8 Å². The fraction of sp³-hybridized carbons (Fsp3) is 0.600. The van der Waals surface area contributed by atoms with Crippen LogP contribution < -0.4 is 10.6 Å². The van der Waals surface area contributed by atoms with Gasteiger partial charge in [-0.1, -0.05) is 0 Å². The summed E-state index contributed by atoms with van der Waals surface area (Å²) in [5.74, 6) is 3.28. The lowest BCUT2D eigenvalue weighted by Gasteiger charge is -2.34. The van der Waals surface area contributed by atoms with E-state index in [4.69, 9.17) is 5.73 Å². The van der Waals surface area contributed by atoms with Crippen molar-refractivity contribution in [3.05, 3.63) is 18.1 Å². The molecule has 1 saturated heterocycles. The monoisotopic (exact) mass is 224 g/mol. The van der Waals surface area contributed by atoms with Gasteiger partial charge in [0.25, 0.3) is 0 Å². The first-order chi connectivity index (χ1) is 7.33. The number of rotatable bonds is 2. The largest absolute Gasteiger partial charge is 0.351 e. The Bertz CT molecular complexity index is 331. The Morgan fingerprint density at radius 3 is 3.07 bits per heavy atom. The molecule has 0 aromatic carbocycles. The van der Waals surface area contributed by atoms with E-state index in [1.54, 1.807) is 12.4 Å². The van der Waals surface area contributed by atoms with Crippen molar-refractivity contribution in [1.82, 2.24) is 9.97 Å². The molecule has 0 aliphatic carbocycles. The standard InChI is InChI=1S/C10H16N4S/c1-8-7-15-5-4-14(8)10-9(6-11)12-2-3-13-10/h2-3,8H,4-7,11H2,1H3. The van der Waals surface area contributed by atoms with Crippen LogP contribution in [-0.4, -0.2) is 34.1 Å². The SMILES string of the molecule is CC1CSCCN1c1nccnc1CN. The molecule has 2 N–H and O–H groups in total. The average molecular weight is 224 g/mol. The Morgan fingerprint density at radius 2 is 2.33 bits per heavy atom. The molecule has 15 heavy (non-hydrogen) atoms. The van der Waals surface area contributed by atoms with E-state index in [-0.39, 0.29) is 0 Å². The molecule has 82 valence electrons. The zero-order valence-corrected chi connectivity index (χ0v) is 9.70. The van der Waals surface area contributed by atoms with Gasteiger partial charge in [0.15, 0.2) is 5.82 Å². The van der Waals surface area contributed by atoms with Crippen LogP contribution in [0.4, 0.5) is 5.82 Å². The lowest BCUT2D eigenvalue weighted by Crippen LogP contribution is -2.41. The van der Waals surface area contributed by atoms with Gasteiger partial charge >= 0.3 is 0 Å². The molecule has 1 aromatic heterocycles. The normalized spacial score (nSPS) is 21.7. The fourth-order valence-corrected chi connectivity index (χ4v) is 2.80. The minimum atomic E-state index is 0.458. The third kappa shape index (κ3) is 2.23. The van der Waals surface area contributed by atoms with Crippen molar-refractivity contribution in [2.75, 3.05) is 23.0 Å². The third-order valence-corrected chi connectivity index (χ3v) is 3.77. The van der Waals surface area contributed by atoms with Crippen LogP contribution in [0.5, 0.6) is 0 Å². The van der Waals surface area contributed by atoms with Gasteiger partial charge in [-0.25, -0.2) is 4.98 Å². The number of anilines is 1. The number of nitrogens with zero attached hydrogens (tertiary/aromatic N) is 3. The maximum Gasteiger partial charge on any atom is 0.151 e. The zero-order valence-electron chi connectivity index (χ0n) is 8.89. The van der Waals surface area contributed by atoms with E-state index in [9.17, 15) is 0 Å². The summed E-state index contributed by atoms with van der Waals surface area (Å²) in [6.45, 7) is 3.72. The van der Waals surface area contributed by atoms with Gasteiger partial charge < -0.3 is 10.6 Å². The van der Waals surface area contributed by atoms with Crippen LogP contribution in [-0.2, 0) is 6.54 Å². The van der Waals surface area contributed by atoms with Crippen molar-refractivity contribution >= 4 is 17.6 Å². The second-order valence-electron chi connectivity index (χ2n) is 3.65. The topological polar surface area (TPSA) is 55.0 Å². The van der Waals surface area contributed by atoms with Gasteiger partial charge in [0.1, 0.15) is 0 Å². The molecule has 0 saturated carbocycles. The molecule has 4 nitrogen and oxygen atoms in total. The number of hydrogen-bond donors (Lipinski definition) is 1. The number of aromatic nitrogens is 2. The molecule has 5 heteroatoms. The summed E-state index contributed by atoms with van der Waals surface area (Å²) in [5.41, 5.74) is 6.57. The molecule has 1 aliphatic rings. The highest BCUT2D eigenvalue weighted by Gasteiger charge is 2.22. The Labute approximate surface area is 94.3 Å². The molecule has 1 atom stereocenters. The van der Waals surface area contributed by atoms with Crippen molar-refractivity contribution < 1.29 is 0 Å². The van der Waals surface area contributed by atoms with E-state index < -0.39 is 0 Å². The molecule has 0 spiro atoms. The number of nitrogens with two attached hydrogens (primary N) is 1. The Hall–Kier alpha value is -0.810. The molecule has 0 amide bonds. The first-order valence-corrected chi connectivity index (χ1v) is 6.32. The predicted molar refractivity (Wildman–Crippen MR) is 64.1 cm³/mol. The first-order valence-electron chi connectivity index (χ1n) is 5.17. The van der Waals surface area contributed by atoms with Gasteiger partial charge in [0, 0.05) is 43.0 Å². The second-order valence-corrected chi connectivity index (χ2v) is 4.80. The Morgan fingerprint density at radius 1 is 1.53 bits per heavy atom. The maximum atomic E-state index is 5.67. The minimum Gasteiger partial charge on any atom is -0.351 e. The van der Waals surface area contributed by atoms with Crippen molar-refractivity contribution in [2.24, 2.45) is 5.73 Å². The van der Waals surface area contributed by atoms with Gasteiger partial charge in [0.05, 0.1) is 5.69 Å². The molecule has 2 heterocycles. The van der Waals surface area contributed by atoms with Crippen LogP contribution >= 0.6 is 11.8 Å². The van der Waals surface area contributed by atoms with Crippen molar-refractivity contribution in [2.45, 2.75) is 19.5 Å². The Balaban J connectivity index is 2.26. The second kappa shape index (κ2) is 4.81. The average Bonchev–Trinajstić information content (AvgIpc) is 2.30. The van der Waals surface area contributed by atoms with E-state index in [1.165, 1.54) is 0 Å². The van der Waals surface area contributed by atoms with Gasteiger partial charge in [-0.3, -0.25) is 4.98 Å². The Kier molecular flexibility index (Phi) is 3.43. The number of thioether (sulfide) groups is 1. The van der Waals surface area contributed by atoms with E-state index in [2.05, 4.69) is 21.8 Å². The maximum absolute atomic E-state index is 5.67. The molecule has 0 radical (unpaired) electrons. The van der Waals surface area contributed by atoms with Crippen LogP contribution in [0.2, 0.25) is 0 Å². The summed E-state index contributed by atoms with van der Waals surface area (Å²) >= 11 is 1.99. The zero-order chi connectivity index (χ0) is 10.7. The van der Waals surface area contributed by atoms with Gasteiger partial charge in [0.2, 0.25) is 0 Å². The summed E-state index contributed by atoms with van der Waals surface area (Å²) in [6, 6.07) is 0.519. The van der Waals surface area contributed by atoms with Crippen molar-refractivity contribution in [3.8, 4) is 0 Å². The summed E-state index contributed by atoms with van der Waals surface area (Å²) in [4.78, 5) is 11.0. The molecule has 2 rings (SSSR count). The van der Waals surface area contributed by atoms with Crippen molar-refractivity contribution in [3.63, 3.8) is 0 Å². The summed E-state index contributed by atoms with van der Waals surface area (Å²) in [7, 11) is 0. The van der Waals surface area contributed by atoms with Crippen LogP contribution in [0.15, 0.2) is 12.4 Å². The molecule has 1 aliphatic heterocycles. The summed E-state index contributed by atoms with van der Waals surface area (Å²) in [6.07, 6.45) is 3.44. The van der Waals surface area contributed by atoms with Crippen molar-refractivity contribution in [1.29, 1.82) is 0 Å². The van der Waals surface area contributed by atoms with E-state index in [0.717, 1.165) is 29.6 Å². The molecule has 0 bridgehead atoms. The van der Waals surface area contributed by atoms with Crippen LogP contribution in [0.25, 0.3) is 0 Å².